The Balaban J connectivity index is 1.94. The van der Waals surface area contributed by atoms with E-state index in [1.807, 2.05) is 4.90 Å². The van der Waals surface area contributed by atoms with Crippen molar-refractivity contribution in [3.63, 3.8) is 0 Å². The molecule has 1 fully saturated rings. The van der Waals surface area contributed by atoms with Crippen LogP contribution in [-0.4, -0.2) is 52.6 Å². The lowest BCUT2D eigenvalue weighted by molar-refractivity contribution is 0.0247. The van der Waals surface area contributed by atoms with Crippen molar-refractivity contribution in [2.75, 3.05) is 30.4 Å². The van der Waals surface area contributed by atoms with Crippen molar-refractivity contribution in [2.24, 2.45) is 0 Å². The summed E-state index contributed by atoms with van der Waals surface area (Å²) in [6.45, 7) is 7.12. The Morgan fingerprint density at radius 3 is 2.48 bits per heavy atom. The molecule has 0 radical (unpaired) electrons. The third kappa shape index (κ3) is 2.80. The molecular weight excluding hydrogens is 298 g/mol. The van der Waals surface area contributed by atoms with Gasteiger partial charge < -0.3 is 15.0 Å². The van der Waals surface area contributed by atoms with Crippen molar-refractivity contribution in [1.82, 2.24) is 14.9 Å². The van der Waals surface area contributed by atoms with Crippen LogP contribution in [0.4, 0.5) is 16.6 Å². The summed E-state index contributed by atoms with van der Waals surface area (Å²) in [6.07, 6.45) is 0.415. The second-order valence-electron chi connectivity index (χ2n) is 6.65. The molecule has 124 valence electrons. The molecule has 2 aliphatic heterocycles. The summed E-state index contributed by atoms with van der Waals surface area (Å²) in [5.74, 6) is 0.657. The van der Waals surface area contributed by atoms with Crippen LogP contribution in [0.3, 0.4) is 0 Å². The molecular formula is C15H21N5O3. The zero-order valence-corrected chi connectivity index (χ0v) is 13.8. The van der Waals surface area contributed by atoms with E-state index in [1.165, 1.54) is 0 Å². The fourth-order valence-corrected chi connectivity index (χ4v) is 2.52. The van der Waals surface area contributed by atoms with Gasteiger partial charge in [0, 0.05) is 20.1 Å². The molecule has 1 aromatic heterocycles. The van der Waals surface area contributed by atoms with Crippen LogP contribution in [0.25, 0.3) is 0 Å². The van der Waals surface area contributed by atoms with Gasteiger partial charge in [-0.1, -0.05) is 0 Å². The highest BCUT2D eigenvalue weighted by Gasteiger charge is 2.40. The fourth-order valence-electron chi connectivity index (χ4n) is 2.52. The number of aromatic nitrogens is 2. The Hall–Kier alpha value is -2.38. The number of imide groups is 1. The first-order valence-electron chi connectivity index (χ1n) is 7.68. The summed E-state index contributed by atoms with van der Waals surface area (Å²) < 4.78 is 5.31. The van der Waals surface area contributed by atoms with Crippen molar-refractivity contribution in [3.05, 3.63) is 11.3 Å². The zero-order valence-electron chi connectivity index (χ0n) is 13.8. The van der Waals surface area contributed by atoms with E-state index in [2.05, 4.69) is 15.3 Å². The van der Waals surface area contributed by atoms with E-state index >= 15 is 0 Å². The summed E-state index contributed by atoms with van der Waals surface area (Å²) in [7, 11) is 1.73. The van der Waals surface area contributed by atoms with E-state index in [9.17, 15) is 9.59 Å². The van der Waals surface area contributed by atoms with Crippen molar-refractivity contribution in [2.45, 2.75) is 39.3 Å². The number of hydrogen-bond acceptors (Lipinski definition) is 7. The topological polar surface area (TPSA) is 87.7 Å². The highest BCUT2D eigenvalue weighted by Crippen LogP contribution is 2.33. The number of fused-ring (bicyclic) bond motifs is 1. The van der Waals surface area contributed by atoms with E-state index in [0.717, 1.165) is 24.4 Å². The third-order valence-electron chi connectivity index (χ3n) is 3.72. The molecule has 0 bridgehead atoms. The molecule has 8 heteroatoms. The van der Waals surface area contributed by atoms with Gasteiger partial charge in [0.2, 0.25) is 5.95 Å². The van der Waals surface area contributed by atoms with E-state index in [-0.39, 0.29) is 12.5 Å². The monoisotopic (exact) mass is 319 g/mol. The lowest BCUT2D eigenvalue weighted by Gasteiger charge is -2.33. The smallest absolute Gasteiger partial charge is 0.417 e. The van der Waals surface area contributed by atoms with Crippen LogP contribution < -0.4 is 10.2 Å². The Morgan fingerprint density at radius 1 is 1.26 bits per heavy atom. The van der Waals surface area contributed by atoms with Gasteiger partial charge in [-0.05, 0) is 27.2 Å². The Labute approximate surface area is 134 Å². The maximum atomic E-state index is 12.7. The van der Waals surface area contributed by atoms with Gasteiger partial charge in [0.1, 0.15) is 17.0 Å². The van der Waals surface area contributed by atoms with Crippen LogP contribution in [0, 0.1) is 0 Å². The number of nitrogens with one attached hydrogen (secondary N) is 1. The highest BCUT2D eigenvalue weighted by molar-refractivity contribution is 6.09. The summed E-state index contributed by atoms with van der Waals surface area (Å²) in [5, 5.41) is 2.90. The second-order valence-corrected chi connectivity index (χ2v) is 6.65. The maximum Gasteiger partial charge on any atom is 0.417 e. The molecule has 3 heterocycles. The molecule has 0 aromatic carbocycles. The van der Waals surface area contributed by atoms with E-state index in [0.29, 0.717) is 23.0 Å². The summed E-state index contributed by atoms with van der Waals surface area (Å²) in [6, 6.07) is 0. The number of ether oxygens (including phenoxy) is 1. The van der Waals surface area contributed by atoms with Crippen molar-refractivity contribution in [1.29, 1.82) is 0 Å². The first kappa shape index (κ1) is 15.5. The van der Waals surface area contributed by atoms with Crippen LogP contribution >= 0.6 is 0 Å². The standard InChI is InChI=1S/C15H21N5O3/c1-15(2,3)23-14(22)20-8-9-10(12(20)21)11(19-6-5-7-19)18-13(16-4)17-9/h5-8H2,1-4H3,(H,16,17,18). The van der Waals surface area contributed by atoms with Crippen LogP contribution in [-0.2, 0) is 11.3 Å². The number of nitrogens with zero attached hydrogens (tertiary/aromatic N) is 4. The van der Waals surface area contributed by atoms with Gasteiger partial charge >= 0.3 is 6.09 Å². The minimum Gasteiger partial charge on any atom is -0.443 e. The maximum absolute atomic E-state index is 12.7. The number of carbonyl (C=O) groups is 2. The van der Waals surface area contributed by atoms with Crippen molar-refractivity contribution in [3.8, 4) is 0 Å². The number of rotatable bonds is 2. The summed E-state index contributed by atoms with van der Waals surface area (Å²) in [5.41, 5.74) is 0.311. The molecule has 0 saturated carbocycles. The van der Waals surface area contributed by atoms with E-state index in [4.69, 9.17) is 4.74 Å². The molecule has 0 spiro atoms. The molecule has 0 atom stereocenters. The first-order chi connectivity index (χ1) is 10.8. The van der Waals surface area contributed by atoms with Crippen molar-refractivity contribution < 1.29 is 14.3 Å². The quantitative estimate of drug-likeness (QED) is 0.886. The van der Waals surface area contributed by atoms with E-state index < -0.39 is 11.7 Å². The van der Waals surface area contributed by atoms with Crippen LogP contribution in [0.1, 0.15) is 43.2 Å². The molecule has 0 unspecified atom stereocenters. The van der Waals surface area contributed by atoms with Gasteiger partial charge in [-0.15, -0.1) is 0 Å². The van der Waals surface area contributed by atoms with Gasteiger partial charge in [0.05, 0.1) is 12.2 Å². The van der Waals surface area contributed by atoms with Gasteiger partial charge in [0.25, 0.3) is 5.91 Å². The fraction of sp³-hybridized carbons (Fsp3) is 0.600. The van der Waals surface area contributed by atoms with Gasteiger partial charge in [-0.3, -0.25) is 4.79 Å². The van der Waals surface area contributed by atoms with Gasteiger partial charge in [-0.25, -0.2) is 14.7 Å². The molecule has 0 aliphatic carbocycles. The van der Waals surface area contributed by atoms with Gasteiger partial charge in [-0.2, -0.15) is 4.98 Å². The molecule has 1 aromatic rings. The molecule has 2 amide bonds. The van der Waals surface area contributed by atoms with E-state index in [1.54, 1.807) is 27.8 Å². The number of hydrogen-bond donors (Lipinski definition) is 1. The highest BCUT2D eigenvalue weighted by atomic mass is 16.6. The SMILES string of the molecule is CNc1nc2c(c(N3CCC3)n1)C(=O)N(C(=O)OC(C)(C)C)C2. The molecule has 23 heavy (non-hydrogen) atoms. The third-order valence-corrected chi connectivity index (χ3v) is 3.72. The average molecular weight is 319 g/mol. The second kappa shape index (κ2) is 5.36. The number of amides is 2. The Bertz CT molecular complexity index is 664. The van der Waals surface area contributed by atoms with Crippen molar-refractivity contribution >= 4 is 23.8 Å². The molecule has 2 aliphatic rings. The first-order valence-corrected chi connectivity index (χ1v) is 7.68. The minimum absolute atomic E-state index is 0.112. The zero-order chi connectivity index (χ0) is 16.8. The molecule has 8 nitrogen and oxygen atoms in total. The predicted octanol–water partition coefficient (Wildman–Crippen LogP) is 1.62. The Kier molecular flexibility index (Phi) is 3.62. The Morgan fingerprint density at radius 2 is 1.96 bits per heavy atom. The van der Waals surface area contributed by atoms with Gasteiger partial charge in [0.15, 0.2) is 0 Å². The molecule has 1 N–H and O–H groups in total. The lowest BCUT2D eigenvalue weighted by atomic mass is 10.1. The largest absolute Gasteiger partial charge is 0.443 e. The van der Waals surface area contributed by atoms with Crippen LogP contribution in [0.15, 0.2) is 0 Å². The molecule has 1 saturated heterocycles. The summed E-state index contributed by atoms with van der Waals surface area (Å²) in [4.78, 5) is 36.8. The number of anilines is 2. The summed E-state index contributed by atoms with van der Waals surface area (Å²) >= 11 is 0. The molecule has 3 rings (SSSR count). The average Bonchev–Trinajstić information content (AvgIpc) is 2.72. The van der Waals surface area contributed by atoms with Crippen LogP contribution in [0.5, 0.6) is 0 Å². The lowest BCUT2D eigenvalue weighted by Crippen LogP contribution is -2.40. The normalized spacial score (nSPS) is 17.0. The van der Waals surface area contributed by atoms with Crippen LogP contribution in [0.2, 0.25) is 0 Å². The number of carbonyl (C=O) groups excluding carboxylic acids is 2. The minimum atomic E-state index is -0.658. The predicted molar refractivity (Wildman–Crippen MR) is 84.5 cm³/mol.